The van der Waals surface area contributed by atoms with Gasteiger partial charge in [-0.05, 0) is 50.5 Å². The smallest absolute Gasteiger partial charge is 0.338 e. The molecule has 2 amide bonds. The molecule has 1 aliphatic heterocycles. The van der Waals surface area contributed by atoms with Crippen LogP contribution in [0.15, 0.2) is 53.7 Å². The van der Waals surface area contributed by atoms with Gasteiger partial charge in [-0.2, -0.15) is 0 Å². The molecule has 8 heteroatoms. The van der Waals surface area contributed by atoms with Crippen LogP contribution in [0.5, 0.6) is 11.5 Å². The molecule has 1 aliphatic rings. The number of hydrogen-bond donors (Lipinski definition) is 2. The number of carbonyl (C=O) groups is 2. The first-order valence-corrected chi connectivity index (χ1v) is 11.4. The number of urea groups is 1. The number of hydrogen-bond acceptors (Lipinski definition) is 5. The van der Waals surface area contributed by atoms with Gasteiger partial charge in [0, 0.05) is 11.3 Å². The maximum absolute atomic E-state index is 13.9. The summed E-state index contributed by atoms with van der Waals surface area (Å²) in [6.45, 7) is 5.62. The zero-order valence-electron chi connectivity index (χ0n) is 19.9. The standard InChI is InChI=1S/C26H31FN2O5/c1-5-6-11-20-23(25(30)34-16(2)3)24(29-26(31)28-20)17-12-13-21(22(14-17)32-4)33-15-18-9-7-8-10-19(18)27/h7-10,12-14,16,24H,5-6,11,15H2,1-4H3,(H2,28,29,31). The highest BCUT2D eigenvalue weighted by Crippen LogP contribution is 2.36. The summed E-state index contributed by atoms with van der Waals surface area (Å²) in [7, 11) is 1.49. The van der Waals surface area contributed by atoms with Crippen molar-refractivity contribution in [1.29, 1.82) is 0 Å². The first-order valence-electron chi connectivity index (χ1n) is 11.4. The Morgan fingerprint density at radius 1 is 1.15 bits per heavy atom. The predicted molar refractivity (Wildman–Crippen MR) is 126 cm³/mol. The summed E-state index contributed by atoms with van der Waals surface area (Å²) in [5.41, 5.74) is 1.97. The molecule has 0 fully saturated rings. The van der Waals surface area contributed by atoms with E-state index in [-0.39, 0.29) is 18.5 Å². The minimum absolute atomic E-state index is 0.0273. The maximum Gasteiger partial charge on any atom is 0.338 e. The molecule has 0 aliphatic carbocycles. The van der Waals surface area contributed by atoms with Crippen LogP contribution in [-0.4, -0.2) is 25.2 Å². The van der Waals surface area contributed by atoms with Crippen LogP contribution in [0.1, 0.15) is 57.2 Å². The van der Waals surface area contributed by atoms with Crippen molar-refractivity contribution in [3.63, 3.8) is 0 Å². The third-order valence-electron chi connectivity index (χ3n) is 5.36. The van der Waals surface area contributed by atoms with Gasteiger partial charge < -0.3 is 24.8 Å². The number of allylic oxidation sites excluding steroid dienone is 1. The summed E-state index contributed by atoms with van der Waals surface area (Å²) < 4.78 is 30.7. The van der Waals surface area contributed by atoms with Gasteiger partial charge in [-0.25, -0.2) is 14.0 Å². The number of halogens is 1. The normalized spacial score (nSPS) is 15.6. The Kier molecular flexibility index (Phi) is 8.51. The Morgan fingerprint density at radius 2 is 1.91 bits per heavy atom. The van der Waals surface area contributed by atoms with Gasteiger partial charge in [0.1, 0.15) is 12.4 Å². The summed E-state index contributed by atoms with van der Waals surface area (Å²) in [4.78, 5) is 25.4. The van der Waals surface area contributed by atoms with E-state index in [9.17, 15) is 14.0 Å². The second-order valence-corrected chi connectivity index (χ2v) is 8.27. The van der Waals surface area contributed by atoms with Gasteiger partial charge in [0.25, 0.3) is 0 Å². The van der Waals surface area contributed by atoms with Crippen molar-refractivity contribution in [3.05, 3.63) is 70.7 Å². The number of benzene rings is 2. The predicted octanol–water partition coefficient (Wildman–Crippen LogP) is 5.16. The van der Waals surface area contributed by atoms with Crippen LogP contribution < -0.4 is 20.1 Å². The van der Waals surface area contributed by atoms with Crippen molar-refractivity contribution in [1.82, 2.24) is 10.6 Å². The van der Waals surface area contributed by atoms with Crippen molar-refractivity contribution in [2.45, 2.75) is 58.8 Å². The zero-order chi connectivity index (χ0) is 24.7. The van der Waals surface area contributed by atoms with Gasteiger partial charge in [-0.15, -0.1) is 0 Å². The van der Waals surface area contributed by atoms with Crippen LogP contribution in [0, 0.1) is 5.82 Å². The van der Waals surface area contributed by atoms with Crippen LogP contribution >= 0.6 is 0 Å². The molecule has 7 nitrogen and oxygen atoms in total. The van der Waals surface area contributed by atoms with E-state index in [1.165, 1.54) is 13.2 Å². The summed E-state index contributed by atoms with van der Waals surface area (Å²) in [6.07, 6.45) is 1.96. The number of unbranched alkanes of at least 4 members (excludes halogenated alkanes) is 1. The van der Waals surface area contributed by atoms with Gasteiger partial charge >= 0.3 is 12.0 Å². The van der Waals surface area contributed by atoms with Gasteiger partial charge in [-0.3, -0.25) is 0 Å². The van der Waals surface area contributed by atoms with Crippen LogP contribution in [0.4, 0.5) is 9.18 Å². The summed E-state index contributed by atoms with van der Waals surface area (Å²) in [5.74, 6) is -0.0319. The molecule has 0 saturated heterocycles. The topological polar surface area (TPSA) is 85.9 Å². The molecule has 2 aromatic rings. The molecule has 2 aromatic carbocycles. The van der Waals surface area contributed by atoms with E-state index in [1.54, 1.807) is 50.2 Å². The number of esters is 1. The molecule has 2 N–H and O–H groups in total. The van der Waals surface area contributed by atoms with Crippen molar-refractivity contribution in [2.75, 3.05) is 7.11 Å². The summed E-state index contributed by atoms with van der Waals surface area (Å²) >= 11 is 0. The van der Waals surface area contributed by atoms with E-state index in [1.807, 2.05) is 6.92 Å². The molecule has 34 heavy (non-hydrogen) atoms. The van der Waals surface area contributed by atoms with Crippen LogP contribution in [0.2, 0.25) is 0 Å². The summed E-state index contributed by atoms with van der Waals surface area (Å²) in [6, 6.07) is 10.4. The number of methoxy groups -OCH3 is 1. The average molecular weight is 471 g/mol. The van der Waals surface area contributed by atoms with E-state index in [0.29, 0.717) is 40.3 Å². The van der Waals surface area contributed by atoms with Crippen molar-refractivity contribution >= 4 is 12.0 Å². The monoisotopic (exact) mass is 470 g/mol. The van der Waals surface area contributed by atoms with Crippen molar-refractivity contribution in [3.8, 4) is 11.5 Å². The number of carbonyl (C=O) groups excluding carboxylic acids is 2. The molecule has 1 atom stereocenters. The van der Waals surface area contributed by atoms with Gasteiger partial charge in [0.2, 0.25) is 0 Å². The largest absolute Gasteiger partial charge is 0.493 e. The number of nitrogens with one attached hydrogen (secondary N) is 2. The molecular formula is C26H31FN2O5. The first-order chi connectivity index (χ1) is 16.3. The fourth-order valence-electron chi connectivity index (χ4n) is 3.69. The van der Waals surface area contributed by atoms with Gasteiger partial charge in [0.15, 0.2) is 11.5 Å². The van der Waals surface area contributed by atoms with Gasteiger partial charge in [-0.1, -0.05) is 37.6 Å². The average Bonchev–Trinajstić information content (AvgIpc) is 2.81. The maximum atomic E-state index is 13.9. The highest BCUT2D eigenvalue weighted by Gasteiger charge is 2.34. The van der Waals surface area contributed by atoms with Crippen LogP contribution in [-0.2, 0) is 16.1 Å². The Morgan fingerprint density at radius 3 is 2.59 bits per heavy atom. The molecule has 0 radical (unpaired) electrons. The minimum Gasteiger partial charge on any atom is -0.493 e. The lowest BCUT2D eigenvalue weighted by Crippen LogP contribution is -2.46. The highest BCUT2D eigenvalue weighted by atomic mass is 19.1. The lowest BCUT2D eigenvalue weighted by atomic mass is 9.93. The van der Waals surface area contributed by atoms with Crippen molar-refractivity contribution < 1.29 is 28.2 Å². The van der Waals surface area contributed by atoms with E-state index < -0.39 is 18.0 Å². The fraction of sp³-hybridized carbons (Fsp3) is 0.385. The second kappa shape index (κ2) is 11.5. The third kappa shape index (κ3) is 6.07. The second-order valence-electron chi connectivity index (χ2n) is 8.27. The summed E-state index contributed by atoms with van der Waals surface area (Å²) in [5, 5.41) is 5.60. The zero-order valence-corrected chi connectivity index (χ0v) is 19.9. The molecule has 182 valence electrons. The lowest BCUT2D eigenvalue weighted by molar-refractivity contribution is -0.143. The van der Waals surface area contributed by atoms with Crippen LogP contribution in [0.3, 0.4) is 0 Å². The lowest BCUT2D eigenvalue weighted by Gasteiger charge is -2.30. The number of rotatable bonds is 10. The minimum atomic E-state index is -0.721. The Labute approximate surface area is 199 Å². The van der Waals surface area contributed by atoms with E-state index in [4.69, 9.17) is 14.2 Å². The number of amides is 2. The molecule has 1 unspecified atom stereocenters. The fourth-order valence-corrected chi connectivity index (χ4v) is 3.69. The molecule has 3 rings (SSSR count). The van der Waals surface area contributed by atoms with Crippen LogP contribution in [0.25, 0.3) is 0 Å². The van der Waals surface area contributed by atoms with Gasteiger partial charge in [0.05, 0.1) is 24.8 Å². The first kappa shape index (κ1) is 25.1. The molecule has 0 aromatic heterocycles. The van der Waals surface area contributed by atoms with Crippen molar-refractivity contribution in [2.24, 2.45) is 0 Å². The highest BCUT2D eigenvalue weighted by molar-refractivity contribution is 5.95. The molecule has 0 saturated carbocycles. The third-order valence-corrected chi connectivity index (χ3v) is 5.36. The molecule has 0 spiro atoms. The molecule has 0 bridgehead atoms. The van der Waals surface area contributed by atoms with E-state index in [2.05, 4.69) is 10.6 Å². The quantitative estimate of drug-likeness (QED) is 0.468. The molecule has 1 heterocycles. The van der Waals surface area contributed by atoms with E-state index >= 15 is 0 Å². The van der Waals surface area contributed by atoms with E-state index in [0.717, 1.165) is 12.8 Å². The Balaban J connectivity index is 1.94. The molecular weight excluding hydrogens is 439 g/mol. The Bertz CT molecular complexity index is 1070. The number of ether oxygens (including phenoxy) is 3. The Hall–Kier alpha value is -3.55. The SMILES string of the molecule is CCCCC1=C(C(=O)OC(C)C)C(c2ccc(OCc3ccccc3F)c(OC)c2)NC(=O)N1.